The highest BCUT2D eigenvalue weighted by Gasteiger charge is 2.13. The standard InChI is InChI=1S/C13H11BrN2O3/c1-8-5-9(14)7-10(6-8)16-4-3-11(17)12(15-16)13(18)19-2/h3-7H,1-2H3. The Morgan fingerprint density at radius 3 is 2.74 bits per heavy atom. The number of hydrogen-bond donors (Lipinski definition) is 0. The number of aromatic nitrogens is 2. The van der Waals surface area contributed by atoms with Crippen LogP contribution in [0, 0.1) is 6.92 Å². The molecule has 5 nitrogen and oxygen atoms in total. The molecule has 6 heteroatoms. The zero-order valence-corrected chi connectivity index (χ0v) is 12.0. The second-order valence-corrected chi connectivity index (χ2v) is 4.87. The Labute approximate surface area is 118 Å². The number of benzene rings is 1. The topological polar surface area (TPSA) is 61.2 Å². The minimum Gasteiger partial charge on any atom is -0.464 e. The molecule has 1 heterocycles. The first-order valence-electron chi connectivity index (χ1n) is 5.47. The number of methoxy groups -OCH3 is 1. The van der Waals surface area contributed by atoms with Crippen LogP contribution in [0.15, 0.2) is 39.7 Å². The lowest BCUT2D eigenvalue weighted by Crippen LogP contribution is -2.21. The number of nitrogens with zero attached hydrogens (tertiary/aromatic N) is 2. The molecule has 0 amide bonds. The van der Waals surface area contributed by atoms with Gasteiger partial charge in [-0.2, -0.15) is 5.10 Å². The Hall–Kier alpha value is -1.95. The molecule has 0 saturated carbocycles. The van der Waals surface area contributed by atoms with Crippen LogP contribution in [0.25, 0.3) is 5.69 Å². The highest BCUT2D eigenvalue weighted by atomic mass is 79.9. The van der Waals surface area contributed by atoms with E-state index in [0.29, 0.717) is 0 Å². The molecular weight excluding hydrogens is 312 g/mol. The molecule has 98 valence electrons. The molecule has 0 unspecified atom stereocenters. The summed E-state index contributed by atoms with van der Waals surface area (Å²) in [5.74, 6) is -0.744. The van der Waals surface area contributed by atoms with E-state index in [0.717, 1.165) is 15.7 Å². The molecule has 0 atom stereocenters. The maximum absolute atomic E-state index is 11.6. The van der Waals surface area contributed by atoms with Crippen molar-refractivity contribution in [2.45, 2.75) is 6.92 Å². The maximum Gasteiger partial charge on any atom is 0.362 e. The molecule has 0 radical (unpaired) electrons. The molecule has 0 fully saturated rings. The van der Waals surface area contributed by atoms with Crippen molar-refractivity contribution in [2.24, 2.45) is 0 Å². The van der Waals surface area contributed by atoms with Crippen molar-refractivity contribution >= 4 is 21.9 Å². The fourth-order valence-corrected chi connectivity index (χ4v) is 2.23. The molecule has 1 aromatic heterocycles. The number of hydrogen-bond acceptors (Lipinski definition) is 4. The van der Waals surface area contributed by atoms with Gasteiger partial charge in [-0.1, -0.05) is 15.9 Å². The SMILES string of the molecule is COC(=O)c1nn(-c2cc(C)cc(Br)c2)ccc1=O. The normalized spacial score (nSPS) is 10.3. The predicted octanol–water partition coefficient (Wildman–Crippen LogP) is 2.09. The lowest BCUT2D eigenvalue weighted by molar-refractivity contribution is 0.0590. The molecule has 0 N–H and O–H groups in total. The van der Waals surface area contributed by atoms with E-state index < -0.39 is 11.4 Å². The number of carbonyl (C=O) groups is 1. The van der Waals surface area contributed by atoms with Gasteiger partial charge in [0.25, 0.3) is 0 Å². The quantitative estimate of drug-likeness (QED) is 0.794. The minimum atomic E-state index is -0.744. The fraction of sp³-hybridized carbons (Fsp3) is 0.154. The van der Waals surface area contributed by atoms with Gasteiger partial charge in [0, 0.05) is 16.7 Å². The van der Waals surface area contributed by atoms with Crippen molar-refractivity contribution in [3.63, 3.8) is 0 Å². The Bertz CT molecular complexity index is 674. The third-order valence-corrected chi connectivity index (χ3v) is 2.94. The molecule has 2 aromatic rings. The van der Waals surface area contributed by atoms with Crippen molar-refractivity contribution in [1.29, 1.82) is 0 Å². The molecule has 0 aliphatic carbocycles. The highest BCUT2D eigenvalue weighted by molar-refractivity contribution is 9.10. The summed E-state index contributed by atoms with van der Waals surface area (Å²) in [6.07, 6.45) is 1.51. The number of ether oxygens (including phenoxy) is 1. The number of aryl methyl sites for hydroxylation is 1. The van der Waals surface area contributed by atoms with Gasteiger partial charge in [-0.3, -0.25) is 4.79 Å². The average molecular weight is 323 g/mol. The van der Waals surface area contributed by atoms with Gasteiger partial charge in [0.05, 0.1) is 12.8 Å². The Kier molecular flexibility index (Phi) is 3.80. The maximum atomic E-state index is 11.6. The van der Waals surface area contributed by atoms with Gasteiger partial charge in [-0.25, -0.2) is 9.48 Å². The Morgan fingerprint density at radius 2 is 2.11 bits per heavy atom. The fourth-order valence-electron chi connectivity index (χ4n) is 1.64. The molecule has 19 heavy (non-hydrogen) atoms. The Balaban J connectivity index is 2.57. The number of esters is 1. The lowest BCUT2D eigenvalue weighted by Gasteiger charge is -2.08. The first kappa shape index (κ1) is 13.5. The summed E-state index contributed by atoms with van der Waals surface area (Å²) in [7, 11) is 1.21. The minimum absolute atomic E-state index is 0.234. The van der Waals surface area contributed by atoms with E-state index in [1.807, 2.05) is 25.1 Å². The molecule has 0 aliphatic rings. The largest absolute Gasteiger partial charge is 0.464 e. The average Bonchev–Trinajstić information content (AvgIpc) is 2.37. The smallest absolute Gasteiger partial charge is 0.362 e. The van der Waals surface area contributed by atoms with E-state index in [1.54, 1.807) is 0 Å². The van der Waals surface area contributed by atoms with Gasteiger partial charge in [-0.15, -0.1) is 0 Å². The Morgan fingerprint density at radius 1 is 1.37 bits per heavy atom. The molecular formula is C13H11BrN2O3. The summed E-state index contributed by atoms with van der Waals surface area (Å²) < 4.78 is 6.89. The van der Waals surface area contributed by atoms with Crippen LogP contribution >= 0.6 is 15.9 Å². The van der Waals surface area contributed by atoms with Gasteiger partial charge in [0.15, 0.2) is 0 Å². The van der Waals surface area contributed by atoms with Crippen LogP contribution in [0.4, 0.5) is 0 Å². The van der Waals surface area contributed by atoms with Crippen molar-refractivity contribution in [3.05, 3.63) is 56.4 Å². The second kappa shape index (κ2) is 5.36. The molecule has 0 saturated heterocycles. The van der Waals surface area contributed by atoms with Crippen molar-refractivity contribution in [2.75, 3.05) is 7.11 Å². The van der Waals surface area contributed by atoms with Gasteiger partial charge in [0.1, 0.15) is 0 Å². The third kappa shape index (κ3) is 2.90. The van der Waals surface area contributed by atoms with Gasteiger partial charge >= 0.3 is 5.97 Å². The monoisotopic (exact) mass is 322 g/mol. The first-order valence-corrected chi connectivity index (χ1v) is 6.26. The molecule has 2 rings (SSSR count). The van der Waals surface area contributed by atoms with Crippen LogP contribution in [0.2, 0.25) is 0 Å². The van der Waals surface area contributed by atoms with Crippen molar-refractivity contribution in [1.82, 2.24) is 9.78 Å². The molecule has 0 aliphatic heterocycles. The summed E-state index contributed by atoms with van der Waals surface area (Å²) in [5.41, 5.74) is 1.08. The summed E-state index contributed by atoms with van der Waals surface area (Å²) in [5, 5.41) is 4.00. The highest BCUT2D eigenvalue weighted by Crippen LogP contribution is 2.17. The number of carbonyl (C=O) groups excluding carboxylic acids is 1. The van der Waals surface area contributed by atoms with Crippen LogP contribution in [0.3, 0.4) is 0 Å². The van der Waals surface area contributed by atoms with Crippen LogP contribution in [0.1, 0.15) is 16.1 Å². The third-order valence-electron chi connectivity index (χ3n) is 2.48. The molecule has 0 bridgehead atoms. The van der Waals surface area contributed by atoms with E-state index >= 15 is 0 Å². The van der Waals surface area contributed by atoms with E-state index in [9.17, 15) is 9.59 Å². The van der Waals surface area contributed by atoms with Gasteiger partial charge in [0.2, 0.25) is 11.1 Å². The van der Waals surface area contributed by atoms with Crippen LogP contribution in [-0.2, 0) is 4.74 Å². The summed E-state index contributed by atoms with van der Waals surface area (Å²) >= 11 is 3.39. The van der Waals surface area contributed by atoms with E-state index in [2.05, 4.69) is 25.8 Å². The zero-order chi connectivity index (χ0) is 14.0. The van der Waals surface area contributed by atoms with E-state index in [-0.39, 0.29) is 5.69 Å². The molecule has 0 spiro atoms. The first-order chi connectivity index (χ1) is 9.01. The van der Waals surface area contributed by atoms with Crippen LogP contribution in [0.5, 0.6) is 0 Å². The van der Waals surface area contributed by atoms with Crippen molar-refractivity contribution in [3.8, 4) is 5.69 Å². The summed E-state index contributed by atoms with van der Waals surface area (Å²) in [6.45, 7) is 1.94. The summed E-state index contributed by atoms with van der Waals surface area (Å²) in [4.78, 5) is 23.0. The second-order valence-electron chi connectivity index (χ2n) is 3.95. The van der Waals surface area contributed by atoms with Crippen LogP contribution in [-0.4, -0.2) is 22.9 Å². The van der Waals surface area contributed by atoms with E-state index in [1.165, 1.54) is 24.1 Å². The summed E-state index contributed by atoms with van der Waals surface area (Å²) in [6, 6.07) is 6.97. The lowest BCUT2D eigenvalue weighted by atomic mass is 10.2. The zero-order valence-electron chi connectivity index (χ0n) is 10.4. The van der Waals surface area contributed by atoms with Crippen LogP contribution < -0.4 is 5.43 Å². The van der Waals surface area contributed by atoms with E-state index in [4.69, 9.17) is 0 Å². The van der Waals surface area contributed by atoms with Gasteiger partial charge in [-0.05, 0) is 30.7 Å². The van der Waals surface area contributed by atoms with Crippen molar-refractivity contribution < 1.29 is 9.53 Å². The predicted molar refractivity (Wildman–Crippen MR) is 73.6 cm³/mol. The van der Waals surface area contributed by atoms with Gasteiger partial charge < -0.3 is 4.74 Å². The molecule has 1 aromatic carbocycles. The number of halogens is 1. The number of rotatable bonds is 2.